The summed E-state index contributed by atoms with van der Waals surface area (Å²) in [7, 11) is 0. The maximum atomic E-state index is 12.0. The monoisotopic (exact) mass is 271 g/mol. The Kier molecular flexibility index (Phi) is 3.72. The Bertz CT molecular complexity index is 605. The van der Waals surface area contributed by atoms with E-state index in [2.05, 4.69) is 17.2 Å². The van der Waals surface area contributed by atoms with E-state index in [4.69, 9.17) is 0 Å². The fourth-order valence-corrected chi connectivity index (χ4v) is 3.05. The van der Waals surface area contributed by atoms with Crippen LogP contribution in [-0.4, -0.2) is 21.5 Å². The summed E-state index contributed by atoms with van der Waals surface area (Å²) in [6.07, 6.45) is 5.82. The molecule has 1 N–H and O–H groups in total. The van der Waals surface area contributed by atoms with Crippen LogP contribution in [0.2, 0.25) is 0 Å². The Morgan fingerprint density at radius 2 is 2.25 bits per heavy atom. The first-order chi connectivity index (χ1) is 9.72. The van der Waals surface area contributed by atoms with Crippen molar-refractivity contribution in [2.45, 2.75) is 45.2 Å². The molecule has 4 nitrogen and oxygen atoms in total. The van der Waals surface area contributed by atoms with Crippen molar-refractivity contribution in [3.05, 3.63) is 30.6 Å². The molecule has 0 aliphatic heterocycles. The molecule has 1 aromatic carbocycles. The number of nitrogens with zero attached hydrogens (tertiary/aromatic N) is 2. The lowest BCUT2D eigenvalue weighted by atomic mass is 10.1. The summed E-state index contributed by atoms with van der Waals surface area (Å²) in [6.45, 7) is 2.94. The molecule has 2 unspecified atom stereocenters. The average Bonchev–Trinajstić information content (AvgIpc) is 3.03. The molecule has 1 fully saturated rings. The van der Waals surface area contributed by atoms with Crippen LogP contribution < -0.4 is 5.32 Å². The molecule has 1 amide bonds. The fraction of sp³-hybridized carbons (Fsp3) is 0.500. The van der Waals surface area contributed by atoms with Gasteiger partial charge < -0.3 is 9.88 Å². The summed E-state index contributed by atoms with van der Waals surface area (Å²) in [5.74, 6) is 0.903. The van der Waals surface area contributed by atoms with Gasteiger partial charge in [-0.25, -0.2) is 4.98 Å². The maximum Gasteiger partial charge on any atom is 0.222 e. The van der Waals surface area contributed by atoms with Gasteiger partial charge in [-0.05, 0) is 37.3 Å². The molecule has 1 saturated carbocycles. The van der Waals surface area contributed by atoms with Crippen molar-refractivity contribution in [2.75, 3.05) is 0 Å². The van der Waals surface area contributed by atoms with E-state index in [1.54, 1.807) is 0 Å². The second kappa shape index (κ2) is 5.65. The van der Waals surface area contributed by atoms with Crippen molar-refractivity contribution in [1.82, 2.24) is 14.9 Å². The number of imidazole rings is 1. The van der Waals surface area contributed by atoms with Crippen LogP contribution in [0, 0.1) is 5.92 Å². The molecule has 20 heavy (non-hydrogen) atoms. The van der Waals surface area contributed by atoms with E-state index < -0.39 is 0 Å². The van der Waals surface area contributed by atoms with Crippen LogP contribution in [0.15, 0.2) is 30.6 Å². The number of aryl methyl sites for hydroxylation is 1. The molecule has 0 bridgehead atoms. The Labute approximate surface area is 119 Å². The lowest BCUT2D eigenvalue weighted by molar-refractivity contribution is -0.122. The third kappa shape index (κ3) is 2.84. The van der Waals surface area contributed by atoms with Crippen molar-refractivity contribution in [1.29, 1.82) is 0 Å². The Morgan fingerprint density at radius 3 is 3.05 bits per heavy atom. The molecule has 1 aliphatic rings. The van der Waals surface area contributed by atoms with Crippen LogP contribution in [0.1, 0.15) is 32.6 Å². The molecule has 1 heterocycles. The number of aromatic nitrogens is 2. The topological polar surface area (TPSA) is 46.9 Å². The van der Waals surface area contributed by atoms with Gasteiger partial charge >= 0.3 is 0 Å². The van der Waals surface area contributed by atoms with Gasteiger partial charge in [0.15, 0.2) is 0 Å². The minimum Gasteiger partial charge on any atom is -0.353 e. The SMILES string of the molecule is CC1CCC(NC(=O)CCn2cnc3ccccc32)C1. The van der Waals surface area contributed by atoms with Gasteiger partial charge in [-0.15, -0.1) is 0 Å². The van der Waals surface area contributed by atoms with Gasteiger partial charge in [0.2, 0.25) is 5.91 Å². The number of hydrogen-bond acceptors (Lipinski definition) is 2. The number of amides is 1. The van der Waals surface area contributed by atoms with E-state index in [-0.39, 0.29) is 5.91 Å². The molecular formula is C16H21N3O. The molecule has 4 heteroatoms. The number of rotatable bonds is 4. The smallest absolute Gasteiger partial charge is 0.222 e. The van der Waals surface area contributed by atoms with Crippen LogP contribution >= 0.6 is 0 Å². The van der Waals surface area contributed by atoms with Gasteiger partial charge in [-0.2, -0.15) is 0 Å². The highest BCUT2D eigenvalue weighted by molar-refractivity contribution is 5.77. The van der Waals surface area contributed by atoms with Crippen molar-refractivity contribution in [3.8, 4) is 0 Å². The molecule has 0 saturated heterocycles. The molecule has 0 spiro atoms. The summed E-state index contributed by atoms with van der Waals surface area (Å²) in [4.78, 5) is 16.3. The fourth-order valence-electron chi connectivity index (χ4n) is 3.05. The van der Waals surface area contributed by atoms with Crippen molar-refractivity contribution < 1.29 is 4.79 Å². The third-order valence-electron chi connectivity index (χ3n) is 4.17. The van der Waals surface area contributed by atoms with Crippen LogP contribution in [0.3, 0.4) is 0 Å². The molecule has 1 aromatic heterocycles. The van der Waals surface area contributed by atoms with Crippen molar-refractivity contribution in [3.63, 3.8) is 0 Å². The van der Waals surface area contributed by atoms with Crippen LogP contribution in [-0.2, 0) is 11.3 Å². The molecule has 0 radical (unpaired) electrons. The number of carbonyl (C=O) groups excluding carboxylic acids is 1. The summed E-state index contributed by atoms with van der Waals surface area (Å²) < 4.78 is 2.05. The van der Waals surface area contributed by atoms with Gasteiger partial charge in [0.1, 0.15) is 0 Å². The second-order valence-electron chi connectivity index (χ2n) is 5.86. The zero-order valence-electron chi connectivity index (χ0n) is 11.9. The van der Waals surface area contributed by atoms with E-state index in [1.807, 2.05) is 35.2 Å². The zero-order chi connectivity index (χ0) is 13.9. The summed E-state index contributed by atoms with van der Waals surface area (Å²) in [6, 6.07) is 8.40. The Balaban J connectivity index is 1.55. The van der Waals surface area contributed by atoms with E-state index >= 15 is 0 Å². The molecule has 106 valence electrons. The van der Waals surface area contributed by atoms with Crippen LogP contribution in [0.25, 0.3) is 11.0 Å². The van der Waals surface area contributed by atoms with E-state index in [0.717, 1.165) is 29.8 Å². The molecule has 2 aromatic rings. The highest BCUT2D eigenvalue weighted by Gasteiger charge is 2.22. The number of para-hydroxylation sites is 2. The standard InChI is InChI=1S/C16H21N3O/c1-12-6-7-13(10-12)18-16(20)8-9-19-11-17-14-4-2-3-5-15(14)19/h2-5,11-13H,6-10H2,1H3,(H,18,20). The Hall–Kier alpha value is -1.84. The normalized spacial score (nSPS) is 22.2. The van der Waals surface area contributed by atoms with Gasteiger partial charge in [-0.3, -0.25) is 4.79 Å². The number of nitrogens with one attached hydrogen (secondary N) is 1. The maximum absolute atomic E-state index is 12.0. The number of hydrogen-bond donors (Lipinski definition) is 1. The summed E-state index contributed by atoms with van der Waals surface area (Å²) >= 11 is 0. The Morgan fingerprint density at radius 1 is 1.40 bits per heavy atom. The van der Waals surface area contributed by atoms with Crippen LogP contribution in [0.5, 0.6) is 0 Å². The number of benzene rings is 1. The van der Waals surface area contributed by atoms with Gasteiger partial charge in [-0.1, -0.05) is 19.1 Å². The number of carbonyl (C=O) groups is 1. The third-order valence-corrected chi connectivity index (χ3v) is 4.17. The zero-order valence-corrected chi connectivity index (χ0v) is 11.9. The van der Waals surface area contributed by atoms with Gasteiger partial charge in [0.05, 0.1) is 17.4 Å². The predicted molar refractivity (Wildman–Crippen MR) is 79.3 cm³/mol. The second-order valence-corrected chi connectivity index (χ2v) is 5.86. The van der Waals surface area contributed by atoms with Crippen LogP contribution in [0.4, 0.5) is 0 Å². The first kappa shape index (κ1) is 13.2. The summed E-state index contributed by atoms with van der Waals surface area (Å²) in [5.41, 5.74) is 2.08. The predicted octanol–water partition coefficient (Wildman–Crippen LogP) is 2.73. The number of fused-ring (bicyclic) bond motifs is 1. The minimum atomic E-state index is 0.155. The van der Waals surface area contributed by atoms with Crippen molar-refractivity contribution in [2.24, 2.45) is 5.92 Å². The van der Waals surface area contributed by atoms with Crippen molar-refractivity contribution >= 4 is 16.9 Å². The van der Waals surface area contributed by atoms with E-state index in [0.29, 0.717) is 19.0 Å². The molecule has 3 rings (SSSR count). The van der Waals surface area contributed by atoms with E-state index in [9.17, 15) is 4.79 Å². The first-order valence-electron chi connectivity index (χ1n) is 7.41. The molecular weight excluding hydrogens is 250 g/mol. The lowest BCUT2D eigenvalue weighted by Crippen LogP contribution is -2.33. The van der Waals surface area contributed by atoms with E-state index in [1.165, 1.54) is 6.42 Å². The highest BCUT2D eigenvalue weighted by Crippen LogP contribution is 2.24. The largest absolute Gasteiger partial charge is 0.353 e. The average molecular weight is 271 g/mol. The minimum absolute atomic E-state index is 0.155. The molecule has 1 aliphatic carbocycles. The quantitative estimate of drug-likeness (QED) is 0.929. The summed E-state index contributed by atoms with van der Waals surface area (Å²) in [5, 5.41) is 3.15. The van der Waals surface area contributed by atoms with Gasteiger partial charge in [0.25, 0.3) is 0 Å². The van der Waals surface area contributed by atoms with Gasteiger partial charge in [0, 0.05) is 19.0 Å². The lowest BCUT2D eigenvalue weighted by Gasteiger charge is -2.12. The molecule has 2 atom stereocenters. The highest BCUT2D eigenvalue weighted by atomic mass is 16.1. The first-order valence-corrected chi connectivity index (χ1v) is 7.41.